The minimum Gasteiger partial charge on any atom is -0.497 e. The molecule has 0 saturated heterocycles. The number of hydrogen-bond donors (Lipinski definition) is 1. The Hall–Kier alpha value is -2.62. The number of methoxy groups -OCH3 is 1. The molecule has 0 aromatic heterocycles. The fourth-order valence-electron chi connectivity index (χ4n) is 3.30. The highest BCUT2D eigenvalue weighted by atomic mass is 16.5. The predicted molar refractivity (Wildman–Crippen MR) is 116 cm³/mol. The summed E-state index contributed by atoms with van der Waals surface area (Å²) in [5, 5.41) is 3.61. The van der Waals surface area contributed by atoms with Crippen LogP contribution in [-0.2, 0) is 19.6 Å². The monoisotopic (exact) mass is 374 g/mol. The van der Waals surface area contributed by atoms with Crippen molar-refractivity contribution in [3.05, 3.63) is 102 Å². The van der Waals surface area contributed by atoms with Crippen molar-refractivity contribution in [1.29, 1.82) is 0 Å². The topological polar surface area (TPSA) is 24.5 Å². The van der Waals surface area contributed by atoms with E-state index in [0.29, 0.717) is 6.04 Å². The minimum absolute atomic E-state index is 0.415. The largest absolute Gasteiger partial charge is 0.497 e. The van der Waals surface area contributed by atoms with E-state index in [1.165, 1.54) is 16.7 Å². The highest BCUT2D eigenvalue weighted by Crippen LogP contribution is 2.14. The summed E-state index contributed by atoms with van der Waals surface area (Å²) in [7, 11) is 1.70. The third-order valence-electron chi connectivity index (χ3n) is 5.01. The Bertz CT molecular complexity index is 761. The molecule has 0 aliphatic heterocycles. The maximum Gasteiger partial charge on any atom is 0.118 e. The van der Waals surface area contributed by atoms with E-state index < -0.39 is 0 Å². The van der Waals surface area contributed by atoms with Crippen LogP contribution in [0.1, 0.15) is 23.6 Å². The molecule has 1 atom stereocenters. The molecule has 3 rings (SSSR count). The molecule has 0 aliphatic rings. The van der Waals surface area contributed by atoms with Crippen LogP contribution in [-0.4, -0.2) is 24.6 Å². The Balaban J connectivity index is 1.59. The number of nitrogens with one attached hydrogen (secondary N) is 1. The molecule has 0 spiro atoms. The van der Waals surface area contributed by atoms with Crippen molar-refractivity contribution >= 4 is 0 Å². The van der Waals surface area contributed by atoms with E-state index in [2.05, 4.69) is 89.9 Å². The zero-order valence-electron chi connectivity index (χ0n) is 16.8. The van der Waals surface area contributed by atoms with Gasteiger partial charge in [0, 0.05) is 32.2 Å². The van der Waals surface area contributed by atoms with E-state index in [-0.39, 0.29) is 0 Å². The van der Waals surface area contributed by atoms with Gasteiger partial charge < -0.3 is 10.1 Å². The standard InChI is InChI=1S/C25H30N2O/c1-21(17-26-18-22-13-15-25(28-2)16-14-22)27(19-23-9-5-3-6-10-23)20-24-11-7-4-8-12-24/h3-16,21,26H,17-20H2,1-2H3. The van der Waals surface area contributed by atoms with Crippen LogP contribution in [0, 0.1) is 0 Å². The molecule has 0 aliphatic carbocycles. The van der Waals surface area contributed by atoms with Gasteiger partial charge in [-0.25, -0.2) is 0 Å². The van der Waals surface area contributed by atoms with Crippen LogP contribution in [0.5, 0.6) is 5.75 Å². The lowest BCUT2D eigenvalue weighted by Gasteiger charge is -2.29. The lowest BCUT2D eigenvalue weighted by Crippen LogP contribution is -2.39. The Labute approximate surface area is 169 Å². The summed E-state index contributed by atoms with van der Waals surface area (Å²) in [6, 6.07) is 30.1. The Morgan fingerprint density at radius 1 is 0.750 bits per heavy atom. The average molecular weight is 375 g/mol. The minimum atomic E-state index is 0.415. The molecule has 3 nitrogen and oxygen atoms in total. The van der Waals surface area contributed by atoms with Crippen molar-refractivity contribution in [3.8, 4) is 5.75 Å². The van der Waals surface area contributed by atoms with Gasteiger partial charge in [0.25, 0.3) is 0 Å². The van der Waals surface area contributed by atoms with Crippen molar-refractivity contribution in [1.82, 2.24) is 10.2 Å². The van der Waals surface area contributed by atoms with Crippen LogP contribution < -0.4 is 10.1 Å². The number of nitrogens with zero attached hydrogens (tertiary/aromatic N) is 1. The normalized spacial score (nSPS) is 12.1. The molecule has 3 heteroatoms. The van der Waals surface area contributed by atoms with Crippen LogP contribution >= 0.6 is 0 Å². The lowest BCUT2D eigenvalue weighted by molar-refractivity contribution is 0.186. The maximum atomic E-state index is 5.23. The van der Waals surface area contributed by atoms with Gasteiger partial charge in [-0.15, -0.1) is 0 Å². The fraction of sp³-hybridized carbons (Fsp3) is 0.280. The number of hydrogen-bond acceptors (Lipinski definition) is 3. The zero-order chi connectivity index (χ0) is 19.6. The number of rotatable bonds is 10. The highest BCUT2D eigenvalue weighted by Gasteiger charge is 2.14. The molecule has 1 unspecified atom stereocenters. The summed E-state index contributed by atoms with van der Waals surface area (Å²) in [6.07, 6.45) is 0. The Morgan fingerprint density at radius 2 is 1.29 bits per heavy atom. The maximum absolute atomic E-state index is 5.23. The first-order chi connectivity index (χ1) is 13.7. The molecule has 28 heavy (non-hydrogen) atoms. The molecule has 1 N–H and O–H groups in total. The van der Waals surface area contributed by atoms with Crippen LogP contribution in [0.2, 0.25) is 0 Å². The van der Waals surface area contributed by atoms with Crippen LogP contribution in [0.3, 0.4) is 0 Å². The number of ether oxygens (including phenoxy) is 1. The summed E-state index contributed by atoms with van der Waals surface area (Å²) < 4.78 is 5.23. The molecule has 0 fully saturated rings. The van der Waals surface area contributed by atoms with E-state index in [1.807, 2.05) is 12.1 Å². The molecule has 0 bridgehead atoms. The van der Waals surface area contributed by atoms with Gasteiger partial charge in [0.1, 0.15) is 5.75 Å². The second-order valence-electron chi connectivity index (χ2n) is 7.20. The SMILES string of the molecule is COc1ccc(CNCC(C)N(Cc2ccccc2)Cc2ccccc2)cc1. The first kappa shape index (κ1) is 20.1. The summed E-state index contributed by atoms with van der Waals surface area (Å²) in [5.74, 6) is 0.897. The van der Waals surface area contributed by atoms with E-state index in [9.17, 15) is 0 Å². The summed E-state index contributed by atoms with van der Waals surface area (Å²) >= 11 is 0. The third-order valence-corrected chi connectivity index (χ3v) is 5.01. The fourth-order valence-corrected chi connectivity index (χ4v) is 3.30. The molecule has 0 saturated carbocycles. The molecule has 0 heterocycles. The van der Waals surface area contributed by atoms with Crippen LogP contribution in [0.25, 0.3) is 0 Å². The van der Waals surface area contributed by atoms with Gasteiger partial charge >= 0.3 is 0 Å². The highest BCUT2D eigenvalue weighted by molar-refractivity contribution is 5.27. The molecular formula is C25H30N2O. The van der Waals surface area contributed by atoms with E-state index in [0.717, 1.165) is 31.9 Å². The summed E-state index contributed by atoms with van der Waals surface area (Å²) in [6.45, 7) is 5.99. The van der Waals surface area contributed by atoms with E-state index in [4.69, 9.17) is 4.74 Å². The van der Waals surface area contributed by atoms with Crippen molar-refractivity contribution < 1.29 is 4.74 Å². The van der Waals surface area contributed by atoms with Gasteiger partial charge in [-0.3, -0.25) is 4.90 Å². The summed E-state index contributed by atoms with van der Waals surface area (Å²) in [4.78, 5) is 2.53. The van der Waals surface area contributed by atoms with Crippen molar-refractivity contribution in [3.63, 3.8) is 0 Å². The molecule has 3 aromatic rings. The van der Waals surface area contributed by atoms with Crippen LogP contribution in [0.15, 0.2) is 84.9 Å². The first-order valence-electron chi connectivity index (χ1n) is 9.90. The molecular weight excluding hydrogens is 344 g/mol. The second-order valence-corrected chi connectivity index (χ2v) is 7.20. The third kappa shape index (κ3) is 6.22. The number of benzene rings is 3. The lowest BCUT2D eigenvalue weighted by atomic mass is 10.1. The smallest absolute Gasteiger partial charge is 0.118 e. The van der Waals surface area contributed by atoms with E-state index >= 15 is 0 Å². The van der Waals surface area contributed by atoms with Crippen molar-refractivity contribution in [2.45, 2.75) is 32.6 Å². The Kier molecular flexibility index (Phi) is 7.65. The van der Waals surface area contributed by atoms with E-state index in [1.54, 1.807) is 7.11 Å². The van der Waals surface area contributed by atoms with Crippen LogP contribution in [0.4, 0.5) is 0 Å². The molecule has 146 valence electrons. The van der Waals surface area contributed by atoms with Gasteiger partial charge in [-0.2, -0.15) is 0 Å². The van der Waals surface area contributed by atoms with Gasteiger partial charge in [-0.05, 0) is 35.7 Å². The van der Waals surface area contributed by atoms with Gasteiger partial charge in [0.2, 0.25) is 0 Å². The molecule has 0 radical (unpaired) electrons. The van der Waals surface area contributed by atoms with Crippen molar-refractivity contribution in [2.75, 3.05) is 13.7 Å². The Morgan fingerprint density at radius 3 is 1.79 bits per heavy atom. The van der Waals surface area contributed by atoms with Gasteiger partial charge in [-0.1, -0.05) is 72.8 Å². The van der Waals surface area contributed by atoms with Gasteiger partial charge in [0.05, 0.1) is 7.11 Å². The zero-order valence-corrected chi connectivity index (χ0v) is 16.8. The summed E-state index contributed by atoms with van der Waals surface area (Å²) in [5.41, 5.74) is 3.96. The van der Waals surface area contributed by atoms with Gasteiger partial charge in [0.15, 0.2) is 0 Å². The van der Waals surface area contributed by atoms with Crippen molar-refractivity contribution in [2.24, 2.45) is 0 Å². The first-order valence-corrected chi connectivity index (χ1v) is 9.90. The quantitative estimate of drug-likeness (QED) is 0.548. The molecule has 3 aromatic carbocycles. The predicted octanol–water partition coefficient (Wildman–Crippen LogP) is 4.88. The molecule has 0 amide bonds. The average Bonchev–Trinajstić information content (AvgIpc) is 2.75. The second kappa shape index (κ2) is 10.6.